The number of benzene rings is 2. The van der Waals surface area contributed by atoms with E-state index in [1.807, 2.05) is 12.1 Å². The molecule has 0 aromatic heterocycles. The lowest BCUT2D eigenvalue weighted by Gasteiger charge is -2.16. The molecule has 0 atom stereocenters. The van der Waals surface area contributed by atoms with Crippen LogP contribution in [0.25, 0.3) is 0 Å². The standard InChI is InChI=1S/C20H19NO5S/c22-19(16-6-5-14-3-1-2-4-15(14)11-16)12-26-20(23)13-27-18-9-7-17(8-10-18)21(24)25/h5-11H,1-4,12-13H2. The number of fused-ring (bicyclic) bond motifs is 1. The van der Waals surface area contributed by atoms with Crippen molar-refractivity contribution < 1.29 is 19.2 Å². The van der Waals surface area contributed by atoms with Crippen LogP contribution in [0.5, 0.6) is 0 Å². The van der Waals surface area contributed by atoms with Gasteiger partial charge in [-0.2, -0.15) is 0 Å². The molecule has 140 valence electrons. The minimum Gasteiger partial charge on any atom is -0.457 e. The lowest BCUT2D eigenvalue weighted by molar-refractivity contribution is -0.384. The molecule has 6 nitrogen and oxygen atoms in total. The summed E-state index contributed by atoms with van der Waals surface area (Å²) in [6.45, 7) is -0.279. The van der Waals surface area contributed by atoms with E-state index >= 15 is 0 Å². The Labute approximate surface area is 161 Å². The van der Waals surface area contributed by atoms with Crippen LogP contribution in [-0.2, 0) is 22.4 Å². The number of rotatable bonds is 7. The summed E-state index contributed by atoms with van der Waals surface area (Å²) >= 11 is 1.21. The molecule has 1 aliphatic carbocycles. The summed E-state index contributed by atoms with van der Waals surface area (Å²) in [4.78, 5) is 35.0. The Bertz CT molecular complexity index is 863. The zero-order chi connectivity index (χ0) is 19.2. The molecule has 0 aliphatic heterocycles. The molecule has 0 bridgehead atoms. The second-order valence-corrected chi connectivity index (χ2v) is 7.36. The van der Waals surface area contributed by atoms with Gasteiger partial charge in [-0.25, -0.2) is 0 Å². The second-order valence-electron chi connectivity index (χ2n) is 6.31. The van der Waals surface area contributed by atoms with Gasteiger partial charge in [-0.3, -0.25) is 19.7 Å². The molecule has 2 aromatic rings. The van der Waals surface area contributed by atoms with E-state index in [9.17, 15) is 19.7 Å². The molecule has 7 heteroatoms. The SMILES string of the molecule is O=C(CSc1ccc([N+](=O)[O-])cc1)OCC(=O)c1ccc2c(c1)CCCC2. The van der Waals surface area contributed by atoms with Gasteiger partial charge in [-0.15, -0.1) is 11.8 Å². The second kappa shape index (κ2) is 8.81. The van der Waals surface area contributed by atoms with Gasteiger partial charge in [0, 0.05) is 22.6 Å². The Hall–Kier alpha value is -2.67. The Morgan fingerprint density at radius 3 is 2.44 bits per heavy atom. The fraction of sp³-hybridized carbons (Fsp3) is 0.300. The number of thioether (sulfide) groups is 1. The minimum atomic E-state index is -0.496. The molecule has 0 saturated heterocycles. The zero-order valence-electron chi connectivity index (χ0n) is 14.7. The highest BCUT2D eigenvalue weighted by Crippen LogP contribution is 2.23. The third kappa shape index (κ3) is 5.17. The average molecular weight is 385 g/mol. The maximum absolute atomic E-state index is 12.3. The molecule has 0 fully saturated rings. The highest BCUT2D eigenvalue weighted by molar-refractivity contribution is 8.00. The third-order valence-electron chi connectivity index (χ3n) is 4.44. The topological polar surface area (TPSA) is 86.5 Å². The highest BCUT2D eigenvalue weighted by Gasteiger charge is 2.15. The molecule has 0 spiro atoms. The number of esters is 1. The van der Waals surface area contributed by atoms with E-state index in [0.29, 0.717) is 5.56 Å². The van der Waals surface area contributed by atoms with Crippen molar-refractivity contribution in [3.63, 3.8) is 0 Å². The first kappa shape index (κ1) is 19.1. The number of Topliss-reactive ketones (excluding diaryl/α,β-unsaturated/α-hetero) is 1. The number of ketones is 1. The van der Waals surface area contributed by atoms with E-state index in [2.05, 4.69) is 0 Å². The lowest BCUT2D eigenvalue weighted by Crippen LogP contribution is -2.16. The van der Waals surface area contributed by atoms with E-state index in [4.69, 9.17) is 4.74 Å². The van der Waals surface area contributed by atoms with Crippen molar-refractivity contribution in [2.75, 3.05) is 12.4 Å². The van der Waals surface area contributed by atoms with Crippen LogP contribution in [0.1, 0.15) is 34.3 Å². The molecule has 0 radical (unpaired) electrons. The Balaban J connectivity index is 1.47. The van der Waals surface area contributed by atoms with Crippen molar-refractivity contribution in [2.24, 2.45) is 0 Å². The van der Waals surface area contributed by atoms with E-state index < -0.39 is 10.9 Å². The highest BCUT2D eigenvalue weighted by atomic mass is 32.2. The van der Waals surface area contributed by atoms with Crippen molar-refractivity contribution in [1.82, 2.24) is 0 Å². The van der Waals surface area contributed by atoms with Crippen LogP contribution >= 0.6 is 11.8 Å². The quantitative estimate of drug-likeness (QED) is 0.235. The fourth-order valence-electron chi connectivity index (χ4n) is 2.98. The maximum atomic E-state index is 12.3. The van der Waals surface area contributed by atoms with Crippen molar-refractivity contribution in [3.8, 4) is 0 Å². The Morgan fingerprint density at radius 1 is 1.04 bits per heavy atom. The smallest absolute Gasteiger partial charge is 0.316 e. The predicted molar refractivity (Wildman–Crippen MR) is 102 cm³/mol. The molecule has 27 heavy (non-hydrogen) atoms. The van der Waals surface area contributed by atoms with Gasteiger partial charge in [-0.05, 0) is 55.0 Å². The Kier molecular flexibility index (Phi) is 6.24. The summed E-state index contributed by atoms with van der Waals surface area (Å²) < 4.78 is 5.07. The largest absolute Gasteiger partial charge is 0.457 e. The molecule has 0 amide bonds. The van der Waals surface area contributed by atoms with Gasteiger partial charge >= 0.3 is 5.97 Å². The van der Waals surface area contributed by atoms with E-state index in [1.165, 1.54) is 41.4 Å². The van der Waals surface area contributed by atoms with Crippen LogP contribution in [-0.4, -0.2) is 29.0 Å². The molecule has 0 heterocycles. The summed E-state index contributed by atoms with van der Waals surface area (Å²) in [6, 6.07) is 11.6. The first-order valence-corrected chi connectivity index (χ1v) is 9.69. The third-order valence-corrected chi connectivity index (χ3v) is 5.42. The number of nitrogens with zero attached hydrogens (tertiary/aromatic N) is 1. The number of carbonyl (C=O) groups excluding carboxylic acids is 2. The van der Waals surface area contributed by atoms with Crippen LogP contribution in [0.15, 0.2) is 47.4 Å². The van der Waals surface area contributed by atoms with Crippen LogP contribution in [0, 0.1) is 10.1 Å². The van der Waals surface area contributed by atoms with E-state index in [-0.39, 0.29) is 23.8 Å². The molecule has 0 unspecified atom stereocenters. The van der Waals surface area contributed by atoms with Gasteiger partial charge in [0.1, 0.15) is 0 Å². The Morgan fingerprint density at radius 2 is 1.74 bits per heavy atom. The molecule has 0 saturated carbocycles. The van der Waals surface area contributed by atoms with Crippen molar-refractivity contribution in [1.29, 1.82) is 0 Å². The lowest BCUT2D eigenvalue weighted by atomic mass is 9.90. The number of nitro groups is 1. The van der Waals surface area contributed by atoms with Gasteiger partial charge in [-0.1, -0.05) is 12.1 Å². The number of carbonyl (C=O) groups is 2. The van der Waals surface area contributed by atoms with Gasteiger partial charge in [0.15, 0.2) is 12.4 Å². The summed E-state index contributed by atoms with van der Waals surface area (Å²) in [7, 11) is 0. The molecule has 3 rings (SSSR count). The summed E-state index contributed by atoms with van der Waals surface area (Å²) in [5.41, 5.74) is 3.09. The average Bonchev–Trinajstić information content (AvgIpc) is 2.70. The zero-order valence-corrected chi connectivity index (χ0v) is 15.5. The monoisotopic (exact) mass is 385 g/mol. The minimum absolute atomic E-state index is 0.00225. The molecule has 0 N–H and O–H groups in total. The number of ether oxygens (including phenoxy) is 1. The van der Waals surface area contributed by atoms with Crippen LogP contribution < -0.4 is 0 Å². The number of hydrogen-bond acceptors (Lipinski definition) is 6. The maximum Gasteiger partial charge on any atom is 0.316 e. The van der Waals surface area contributed by atoms with Gasteiger partial charge < -0.3 is 4.74 Å². The van der Waals surface area contributed by atoms with Crippen LogP contribution in [0.3, 0.4) is 0 Å². The summed E-state index contributed by atoms with van der Waals surface area (Å²) in [5.74, 6) is -0.670. The molecule has 2 aromatic carbocycles. The van der Waals surface area contributed by atoms with E-state index in [1.54, 1.807) is 18.2 Å². The first-order valence-electron chi connectivity index (χ1n) is 8.71. The number of hydrogen-bond donors (Lipinski definition) is 0. The fourth-order valence-corrected chi connectivity index (χ4v) is 3.68. The molecular formula is C20H19NO5S. The van der Waals surface area contributed by atoms with Crippen molar-refractivity contribution in [3.05, 3.63) is 69.3 Å². The number of nitro benzene ring substituents is 1. The summed E-state index contributed by atoms with van der Waals surface area (Å²) in [6.07, 6.45) is 4.37. The van der Waals surface area contributed by atoms with Crippen LogP contribution in [0.4, 0.5) is 5.69 Å². The molecular weight excluding hydrogens is 366 g/mol. The number of aryl methyl sites for hydroxylation is 2. The van der Waals surface area contributed by atoms with E-state index in [0.717, 1.165) is 24.2 Å². The van der Waals surface area contributed by atoms with Crippen molar-refractivity contribution in [2.45, 2.75) is 30.6 Å². The van der Waals surface area contributed by atoms with Crippen molar-refractivity contribution >= 4 is 29.2 Å². The normalized spacial score (nSPS) is 12.9. The summed E-state index contributed by atoms with van der Waals surface area (Å²) in [5, 5.41) is 10.6. The first-order chi connectivity index (χ1) is 13.0. The molecule has 1 aliphatic rings. The number of non-ortho nitro benzene ring substituents is 1. The van der Waals surface area contributed by atoms with Gasteiger partial charge in [0.2, 0.25) is 0 Å². The predicted octanol–water partition coefficient (Wildman–Crippen LogP) is 3.99. The van der Waals surface area contributed by atoms with Gasteiger partial charge in [0.25, 0.3) is 5.69 Å². The van der Waals surface area contributed by atoms with Gasteiger partial charge in [0.05, 0.1) is 10.7 Å². The van der Waals surface area contributed by atoms with Crippen LogP contribution in [0.2, 0.25) is 0 Å².